The van der Waals surface area contributed by atoms with E-state index < -0.39 is 24.1 Å². The smallest absolute Gasteiger partial charge is 0.330 e. The molecule has 2 rings (SSSR count). The minimum Gasteiger partial charge on any atom is -0.491 e. The lowest BCUT2D eigenvalue weighted by Gasteiger charge is -2.27. The van der Waals surface area contributed by atoms with E-state index in [9.17, 15) is 19.8 Å². The molecule has 230 valence electrons. The van der Waals surface area contributed by atoms with Crippen molar-refractivity contribution in [1.29, 1.82) is 0 Å². The van der Waals surface area contributed by atoms with Crippen molar-refractivity contribution >= 4 is 11.9 Å². The maximum Gasteiger partial charge on any atom is 0.330 e. The van der Waals surface area contributed by atoms with E-state index in [1.807, 2.05) is 38.1 Å². The number of hydrogen-bond donors (Lipinski definition) is 2. The van der Waals surface area contributed by atoms with E-state index in [-0.39, 0.29) is 44.1 Å². The fourth-order valence-corrected chi connectivity index (χ4v) is 3.97. The van der Waals surface area contributed by atoms with Gasteiger partial charge in [0.2, 0.25) is 0 Å². The Kier molecular flexibility index (Phi) is 14.4. The molecule has 2 N–H and O–H groups in total. The minimum atomic E-state index is -0.926. The lowest BCUT2D eigenvalue weighted by molar-refractivity contribution is -0.143. The van der Waals surface area contributed by atoms with Gasteiger partial charge in [0.15, 0.2) is 0 Å². The lowest BCUT2D eigenvalue weighted by Crippen LogP contribution is -2.28. The Balaban J connectivity index is 1.81. The summed E-state index contributed by atoms with van der Waals surface area (Å²) >= 11 is 0. The van der Waals surface area contributed by atoms with Crippen LogP contribution in [-0.4, -0.2) is 79.6 Å². The number of carbonyl (C=O) groups excluding carboxylic acids is 2. The van der Waals surface area contributed by atoms with E-state index in [4.69, 9.17) is 23.7 Å². The van der Waals surface area contributed by atoms with Crippen LogP contribution in [0, 0.1) is 0 Å². The van der Waals surface area contributed by atoms with Crippen molar-refractivity contribution in [2.24, 2.45) is 0 Å². The summed E-state index contributed by atoms with van der Waals surface area (Å²) in [4.78, 5) is 22.2. The molecular weight excluding hydrogens is 540 g/mol. The van der Waals surface area contributed by atoms with E-state index in [0.29, 0.717) is 18.8 Å². The Hall–Kier alpha value is -3.50. The second kappa shape index (κ2) is 17.5. The zero-order valence-corrected chi connectivity index (χ0v) is 25.0. The molecule has 9 nitrogen and oxygen atoms in total. The summed E-state index contributed by atoms with van der Waals surface area (Å²) in [6.07, 6.45) is 0.550. The highest BCUT2D eigenvalue weighted by atomic mass is 16.6. The van der Waals surface area contributed by atoms with Crippen molar-refractivity contribution in [3.05, 3.63) is 90.5 Å². The van der Waals surface area contributed by atoms with Crippen LogP contribution < -0.4 is 4.74 Å². The zero-order valence-electron chi connectivity index (χ0n) is 25.0. The van der Waals surface area contributed by atoms with Gasteiger partial charge in [0.25, 0.3) is 0 Å². The summed E-state index contributed by atoms with van der Waals surface area (Å²) in [5, 5.41) is 19.8. The van der Waals surface area contributed by atoms with Crippen LogP contribution in [0.4, 0.5) is 0 Å². The molecule has 0 saturated heterocycles. The summed E-state index contributed by atoms with van der Waals surface area (Å²) in [7, 11) is 0. The van der Waals surface area contributed by atoms with Crippen LogP contribution in [0.2, 0.25) is 0 Å². The van der Waals surface area contributed by atoms with Crippen molar-refractivity contribution in [2.45, 2.75) is 63.9 Å². The molecule has 42 heavy (non-hydrogen) atoms. The number of rotatable bonds is 19. The first kappa shape index (κ1) is 34.7. The van der Waals surface area contributed by atoms with Gasteiger partial charge >= 0.3 is 11.9 Å². The zero-order chi connectivity index (χ0) is 31.1. The van der Waals surface area contributed by atoms with Crippen molar-refractivity contribution in [1.82, 2.24) is 0 Å². The molecule has 0 aliphatic carbocycles. The molecule has 4 unspecified atom stereocenters. The van der Waals surface area contributed by atoms with E-state index in [0.717, 1.165) is 28.8 Å². The summed E-state index contributed by atoms with van der Waals surface area (Å²) in [6, 6.07) is 16.3. The van der Waals surface area contributed by atoms with Gasteiger partial charge in [-0.3, -0.25) is 0 Å². The molecule has 0 aromatic heterocycles. The Bertz CT molecular complexity index is 1130. The van der Waals surface area contributed by atoms with Crippen LogP contribution in [0.3, 0.4) is 0 Å². The van der Waals surface area contributed by atoms with Crippen molar-refractivity contribution in [3.63, 3.8) is 0 Å². The molecule has 0 amide bonds. The highest BCUT2D eigenvalue weighted by Gasteiger charge is 2.23. The maximum atomic E-state index is 11.1. The van der Waals surface area contributed by atoms with Gasteiger partial charge in [-0.1, -0.05) is 63.4 Å². The fourth-order valence-electron chi connectivity index (χ4n) is 3.97. The van der Waals surface area contributed by atoms with Crippen LogP contribution in [0.15, 0.2) is 73.8 Å². The fraction of sp³-hybridized carbons (Fsp3) is 0.455. The number of esters is 2. The van der Waals surface area contributed by atoms with E-state index in [1.54, 1.807) is 0 Å². The van der Waals surface area contributed by atoms with Crippen molar-refractivity contribution < 1.29 is 43.5 Å². The van der Waals surface area contributed by atoms with Crippen LogP contribution in [-0.2, 0) is 40.4 Å². The number of benzene rings is 2. The molecular formula is C33H44O9. The summed E-state index contributed by atoms with van der Waals surface area (Å²) < 4.78 is 26.8. The van der Waals surface area contributed by atoms with Crippen LogP contribution in [0.25, 0.3) is 0 Å². The first-order valence-electron chi connectivity index (χ1n) is 13.9. The SMILES string of the molecule is C=CC(=O)OCC(O)COC(C)COc1ccc(C(C)(C)c2ccc(CC(C)OCC(O)COC(=O)C=C)cc2)cc1. The molecule has 0 saturated carbocycles. The van der Waals surface area contributed by atoms with E-state index in [2.05, 4.69) is 51.3 Å². The number of hydrogen-bond acceptors (Lipinski definition) is 9. The molecule has 0 aliphatic heterocycles. The predicted octanol–water partition coefficient (Wildman–Crippen LogP) is 3.92. The number of aliphatic hydroxyl groups excluding tert-OH is 2. The first-order chi connectivity index (χ1) is 19.9. The normalized spacial score (nSPS) is 14.2. The first-order valence-corrected chi connectivity index (χ1v) is 13.9. The summed E-state index contributed by atoms with van der Waals surface area (Å²) in [6.45, 7) is 14.8. The quantitative estimate of drug-likeness (QED) is 0.187. The van der Waals surface area contributed by atoms with E-state index >= 15 is 0 Å². The van der Waals surface area contributed by atoms with Gasteiger partial charge in [0.1, 0.15) is 37.8 Å². The second-order valence-corrected chi connectivity index (χ2v) is 10.6. The molecule has 9 heteroatoms. The van der Waals surface area contributed by atoms with Gasteiger partial charge in [-0.2, -0.15) is 0 Å². The third-order valence-electron chi connectivity index (χ3n) is 6.58. The largest absolute Gasteiger partial charge is 0.491 e. The molecule has 0 spiro atoms. The van der Waals surface area contributed by atoms with Crippen LogP contribution in [0.1, 0.15) is 44.4 Å². The average molecular weight is 585 g/mol. The molecule has 0 radical (unpaired) electrons. The third-order valence-corrected chi connectivity index (χ3v) is 6.58. The van der Waals surface area contributed by atoms with Gasteiger partial charge < -0.3 is 33.9 Å². The number of carbonyl (C=O) groups is 2. The predicted molar refractivity (Wildman–Crippen MR) is 159 cm³/mol. The molecule has 0 fully saturated rings. The minimum absolute atomic E-state index is 0.0188. The summed E-state index contributed by atoms with van der Waals surface area (Å²) in [5.74, 6) is -0.461. The average Bonchev–Trinajstić information content (AvgIpc) is 2.99. The summed E-state index contributed by atoms with van der Waals surface area (Å²) in [5.41, 5.74) is 3.16. The van der Waals surface area contributed by atoms with Crippen molar-refractivity contribution in [2.75, 3.05) is 33.0 Å². The van der Waals surface area contributed by atoms with Gasteiger partial charge in [0.05, 0.1) is 25.4 Å². The van der Waals surface area contributed by atoms with Gasteiger partial charge in [-0.05, 0) is 49.1 Å². The number of ether oxygens (including phenoxy) is 5. The Morgan fingerprint density at radius 2 is 1.19 bits per heavy atom. The molecule has 0 heterocycles. The molecule has 0 aliphatic rings. The Morgan fingerprint density at radius 3 is 1.67 bits per heavy atom. The molecule has 2 aromatic carbocycles. The molecule has 0 bridgehead atoms. The van der Waals surface area contributed by atoms with E-state index in [1.165, 1.54) is 0 Å². The lowest BCUT2D eigenvalue weighted by atomic mass is 9.78. The molecule has 4 atom stereocenters. The highest BCUT2D eigenvalue weighted by molar-refractivity contribution is 5.81. The Morgan fingerprint density at radius 1 is 0.738 bits per heavy atom. The monoisotopic (exact) mass is 584 g/mol. The van der Waals surface area contributed by atoms with Gasteiger partial charge in [0, 0.05) is 17.6 Å². The van der Waals surface area contributed by atoms with Crippen molar-refractivity contribution in [3.8, 4) is 5.75 Å². The van der Waals surface area contributed by atoms with Crippen LogP contribution >= 0.6 is 0 Å². The highest BCUT2D eigenvalue weighted by Crippen LogP contribution is 2.32. The van der Waals surface area contributed by atoms with Gasteiger partial charge in [-0.25, -0.2) is 9.59 Å². The maximum absolute atomic E-state index is 11.1. The second-order valence-electron chi connectivity index (χ2n) is 10.6. The third kappa shape index (κ3) is 12.2. The standard InChI is InChI=1S/C33H44O9/c1-7-31(36)41-21-28(34)19-38-23(3)17-25-9-11-26(12-10-25)33(5,6)27-13-15-30(16-14-27)40-18-24(4)39-20-29(35)22-42-32(37)8-2/h7-16,23-24,28-29,34-35H,1-2,17-22H2,3-6H3. The molecule has 2 aromatic rings. The van der Waals surface area contributed by atoms with Gasteiger partial charge in [-0.15, -0.1) is 0 Å². The number of aliphatic hydroxyl groups is 2. The Labute approximate surface area is 248 Å². The topological polar surface area (TPSA) is 121 Å². The van der Waals surface area contributed by atoms with Crippen LogP contribution in [0.5, 0.6) is 5.75 Å².